The Labute approximate surface area is 191 Å². The molecular weight excluding hydrogens is 436 g/mol. The normalized spacial score (nSPS) is 12.0. The zero-order valence-corrected chi connectivity index (χ0v) is 19.0. The van der Waals surface area contributed by atoms with Crippen LogP contribution in [0, 0.1) is 0 Å². The van der Waals surface area contributed by atoms with Crippen LogP contribution in [-0.4, -0.2) is 46.3 Å². The Balaban J connectivity index is 1.52. The van der Waals surface area contributed by atoms with Crippen molar-refractivity contribution in [3.63, 3.8) is 0 Å². The first-order valence-electron chi connectivity index (χ1n) is 10.4. The Morgan fingerprint density at radius 1 is 0.939 bits per heavy atom. The summed E-state index contributed by atoms with van der Waals surface area (Å²) in [4.78, 5) is 15.4. The van der Waals surface area contributed by atoms with Gasteiger partial charge in [-0.25, -0.2) is 17.4 Å². The van der Waals surface area contributed by atoms with Crippen molar-refractivity contribution in [1.29, 1.82) is 0 Å². The monoisotopic (exact) mass is 458 g/mol. The van der Waals surface area contributed by atoms with Crippen LogP contribution in [0.4, 0.5) is 11.6 Å². The molecule has 9 heteroatoms. The molecule has 5 aromatic rings. The molecule has 0 atom stereocenters. The number of hydrogen-bond donors (Lipinski definition) is 1. The Bertz CT molecular complexity index is 1550. The van der Waals surface area contributed by atoms with Crippen molar-refractivity contribution in [2.45, 2.75) is 11.4 Å². The molecule has 0 saturated carbocycles. The van der Waals surface area contributed by atoms with E-state index < -0.39 is 10.0 Å². The highest BCUT2D eigenvalue weighted by molar-refractivity contribution is 7.90. The first-order valence-corrected chi connectivity index (χ1v) is 11.8. The van der Waals surface area contributed by atoms with Crippen LogP contribution < -0.4 is 5.32 Å². The molecule has 0 aliphatic rings. The van der Waals surface area contributed by atoms with Gasteiger partial charge < -0.3 is 10.2 Å². The number of pyridine rings is 1. The number of hydrogen-bond acceptors (Lipinski definition) is 7. The lowest BCUT2D eigenvalue weighted by Crippen LogP contribution is -2.13. The van der Waals surface area contributed by atoms with Gasteiger partial charge in [-0.1, -0.05) is 30.3 Å². The van der Waals surface area contributed by atoms with Crippen molar-refractivity contribution in [2.24, 2.45) is 0 Å². The number of nitrogens with zero attached hydrogens (tertiary/aromatic N) is 5. The Morgan fingerprint density at radius 2 is 1.73 bits per heavy atom. The predicted molar refractivity (Wildman–Crippen MR) is 129 cm³/mol. The van der Waals surface area contributed by atoms with E-state index in [1.807, 2.05) is 50.5 Å². The van der Waals surface area contributed by atoms with Gasteiger partial charge >= 0.3 is 0 Å². The van der Waals surface area contributed by atoms with Gasteiger partial charge in [0.1, 0.15) is 4.90 Å². The molecule has 1 N–H and O–H groups in total. The predicted octanol–water partition coefficient (Wildman–Crippen LogP) is 4.02. The molecule has 0 aliphatic carbocycles. The number of rotatable bonds is 6. The van der Waals surface area contributed by atoms with E-state index in [1.54, 1.807) is 36.7 Å². The van der Waals surface area contributed by atoms with E-state index in [2.05, 4.69) is 25.2 Å². The fourth-order valence-electron chi connectivity index (χ4n) is 3.73. The van der Waals surface area contributed by atoms with Gasteiger partial charge in [0.2, 0.25) is 5.95 Å². The van der Waals surface area contributed by atoms with Gasteiger partial charge in [-0.2, -0.15) is 4.98 Å². The second kappa shape index (κ2) is 8.27. The maximum atomic E-state index is 13.6. The maximum absolute atomic E-state index is 13.6. The fourth-order valence-corrected chi connectivity index (χ4v) is 5.20. The van der Waals surface area contributed by atoms with Crippen LogP contribution in [0.3, 0.4) is 0 Å². The summed E-state index contributed by atoms with van der Waals surface area (Å²) in [5.74, 6) is 0.314. The molecule has 2 aromatic carbocycles. The Kier molecular flexibility index (Phi) is 5.27. The molecule has 0 bridgehead atoms. The number of anilines is 2. The average molecular weight is 459 g/mol. The van der Waals surface area contributed by atoms with Gasteiger partial charge in [0, 0.05) is 41.6 Å². The summed E-state index contributed by atoms with van der Waals surface area (Å²) in [6.07, 6.45) is 4.69. The summed E-state index contributed by atoms with van der Waals surface area (Å²) >= 11 is 0. The van der Waals surface area contributed by atoms with Crippen molar-refractivity contribution in [1.82, 2.24) is 23.8 Å². The summed E-state index contributed by atoms with van der Waals surface area (Å²) in [5, 5.41) is 4.54. The molecule has 0 saturated heterocycles. The van der Waals surface area contributed by atoms with Gasteiger partial charge in [-0.15, -0.1) is 0 Å². The van der Waals surface area contributed by atoms with E-state index >= 15 is 0 Å². The van der Waals surface area contributed by atoms with Crippen molar-refractivity contribution in [3.8, 4) is 0 Å². The first kappa shape index (κ1) is 21.0. The highest BCUT2D eigenvalue weighted by Crippen LogP contribution is 2.26. The minimum atomic E-state index is -3.92. The van der Waals surface area contributed by atoms with E-state index in [1.165, 1.54) is 15.7 Å². The molecule has 33 heavy (non-hydrogen) atoms. The van der Waals surface area contributed by atoms with Crippen molar-refractivity contribution >= 4 is 43.6 Å². The highest BCUT2D eigenvalue weighted by atomic mass is 32.2. The fraction of sp³-hybridized carbons (Fsp3) is 0.125. The summed E-state index contributed by atoms with van der Waals surface area (Å²) in [6.45, 7) is 0.844. The van der Waals surface area contributed by atoms with Crippen LogP contribution in [0.2, 0.25) is 0 Å². The lowest BCUT2D eigenvalue weighted by Gasteiger charge is -2.11. The minimum absolute atomic E-state index is 0.128. The first-order chi connectivity index (χ1) is 15.9. The van der Waals surface area contributed by atoms with Gasteiger partial charge in [0.25, 0.3) is 10.0 Å². The van der Waals surface area contributed by atoms with Crippen molar-refractivity contribution in [2.75, 3.05) is 19.4 Å². The molecular formula is C24H22N6O2S. The molecule has 3 heterocycles. The third-order valence-electron chi connectivity index (χ3n) is 5.24. The van der Waals surface area contributed by atoms with Crippen LogP contribution in [0.25, 0.3) is 21.9 Å². The average Bonchev–Trinajstić information content (AvgIpc) is 3.24. The summed E-state index contributed by atoms with van der Waals surface area (Å²) in [7, 11) is 0.117. The smallest absolute Gasteiger partial charge is 0.271 e. The third kappa shape index (κ3) is 4.04. The summed E-state index contributed by atoms with van der Waals surface area (Å²) in [6, 6.07) is 18.4. The molecule has 8 nitrogen and oxygen atoms in total. The van der Waals surface area contributed by atoms with Crippen LogP contribution in [0.1, 0.15) is 5.56 Å². The molecule has 0 radical (unpaired) electrons. The number of fused-ring (bicyclic) bond motifs is 2. The molecule has 166 valence electrons. The second-order valence-electron chi connectivity index (χ2n) is 7.98. The second-order valence-corrected chi connectivity index (χ2v) is 9.76. The number of nitrogens with one attached hydrogen (secondary N) is 1. The lowest BCUT2D eigenvalue weighted by molar-refractivity contribution is 0.402. The number of para-hydroxylation sites is 1. The molecule has 0 spiro atoms. The molecule has 3 aromatic heterocycles. The highest BCUT2D eigenvalue weighted by Gasteiger charge is 2.23. The lowest BCUT2D eigenvalue weighted by atomic mass is 10.2. The maximum Gasteiger partial charge on any atom is 0.271 e. The number of benzene rings is 2. The third-order valence-corrected chi connectivity index (χ3v) is 6.93. The van der Waals surface area contributed by atoms with E-state index in [4.69, 9.17) is 0 Å². The summed E-state index contributed by atoms with van der Waals surface area (Å²) in [5.41, 5.74) is 2.72. The van der Waals surface area contributed by atoms with E-state index in [0.29, 0.717) is 22.5 Å². The Morgan fingerprint density at radius 3 is 2.52 bits per heavy atom. The molecule has 0 fully saturated rings. The van der Waals surface area contributed by atoms with Gasteiger partial charge in [0.15, 0.2) is 5.65 Å². The SMILES string of the molecule is CN(C)Cc1ccc(Nc2ncc3ccn(S(=O)(=O)c4cccc5cccnc45)c3n2)cc1. The topological polar surface area (TPSA) is 93.0 Å². The van der Waals surface area contributed by atoms with Crippen LogP contribution in [0.5, 0.6) is 0 Å². The summed E-state index contributed by atoms with van der Waals surface area (Å²) < 4.78 is 28.3. The molecule has 5 rings (SSSR count). The Hall–Kier alpha value is -3.82. The largest absolute Gasteiger partial charge is 0.324 e. The van der Waals surface area contributed by atoms with E-state index in [-0.39, 0.29) is 4.90 Å². The van der Waals surface area contributed by atoms with Crippen molar-refractivity contribution in [3.05, 3.63) is 84.8 Å². The van der Waals surface area contributed by atoms with Gasteiger partial charge in [0.05, 0.1) is 5.52 Å². The van der Waals surface area contributed by atoms with Crippen LogP contribution >= 0.6 is 0 Å². The van der Waals surface area contributed by atoms with E-state index in [9.17, 15) is 8.42 Å². The zero-order valence-electron chi connectivity index (χ0n) is 18.2. The van der Waals surface area contributed by atoms with Gasteiger partial charge in [-0.3, -0.25) is 4.98 Å². The van der Waals surface area contributed by atoms with E-state index in [0.717, 1.165) is 17.6 Å². The minimum Gasteiger partial charge on any atom is -0.324 e. The number of aromatic nitrogens is 4. The quantitative estimate of drug-likeness (QED) is 0.411. The molecule has 0 amide bonds. The van der Waals surface area contributed by atoms with Gasteiger partial charge in [-0.05, 0) is 50.0 Å². The molecule has 0 aliphatic heterocycles. The van der Waals surface area contributed by atoms with Crippen molar-refractivity contribution < 1.29 is 8.42 Å². The zero-order chi connectivity index (χ0) is 23.0. The molecule has 0 unspecified atom stereocenters. The standard InChI is InChI=1S/C24H22N6O2S/c1-29(2)16-17-8-10-20(11-9-17)27-24-26-15-19-12-14-30(23(19)28-24)33(31,32)21-7-3-5-18-6-4-13-25-22(18)21/h3-15H,16H2,1-2H3,(H,26,27,28). The van der Waals surface area contributed by atoms with Crippen LogP contribution in [0.15, 0.2) is 84.1 Å². The van der Waals surface area contributed by atoms with Crippen LogP contribution in [-0.2, 0) is 16.6 Å².